The van der Waals surface area contributed by atoms with Crippen molar-refractivity contribution in [2.45, 2.75) is 89.4 Å². The summed E-state index contributed by atoms with van der Waals surface area (Å²) in [6.45, 7) is 6.72. The van der Waals surface area contributed by atoms with E-state index < -0.39 is 65.8 Å². The Balaban J connectivity index is 1.50. The zero-order valence-corrected chi connectivity index (χ0v) is 29.6. The van der Waals surface area contributed by atoms with Crippen molar-refractivity contribution in [3.63, 3.8) is 0 Å². The first-order valence-electron chi connectivity index (χ1n) is 16.4. The molecule has 2 saturated heterocycles. The molecule has 0 spiro atoms. The number of amides is 2. The second kappa shape index (κ2) is 14.5. The van der Waals surface area contributed by atoms with E-state index in [4.69, 9.17) is 30.5 Å². The molecule has 11 nitrogen and oxygen atoms in total. The highest BCUT2D eigenvalue weighted by molar-refractivity contribution is 6.35. The van der Waals surface area contributed by atoms with Gasteiger partial charge in [-0.1, -0.05) is 54.5 Å². The number of allylic oxidation sites excluding steroid dienone is 3. The van der Waals surface area contributed by atoms with Crippen molar-refractivity contribution in [3.05, 3.63) is 81.7 Å². The van der Waals surface area contributed by atoms with Crippen LogP contribution in [-0.4, -0.2) is 72.7 Å². The lowest BCUT2D eigenvalue weighted by molar-refractivity contribution is -0.153. The average Bonchev–Trinajstić information content (AvgIpc) is 3.75. The van der Waals surface area contributed by atoms with E-state index in [1.54, 1.807) is 45.2 Å². The zero-order chi connectivity index (χ0) is 36.5. The molecule has 0 saturated carbocycles. The Labute approximate surface area is 295 Å². The maximum atomic E-state index is 14.9. The van der Waals surface area contributed by atoms with Crippen LogP contribution in [0.4, 0.5) is 14.9 Å². The maximum absolute atomic E-state index is 14.9. The molecule has 2 fully saturated rings. The van der Waals surface area contributed by atoms with Crippen molar-refractivity contribution in [1.82, 2.24) is 5.32 Å². The van der Waals surface area contributed by atoms with E-state index in [0.29, 0.717) is 17.9 Å². The number of rotatable bonds is 5. The van der Waals surface area contributed by atoms with Gasteiger partial charge in [-0.05, 0) is 56.5 Å². The van der Waals surface area contributed by atoms with E-state index in [2.05, 4.69) is 5.32 Å². The van der Waals surface area contributed by atoms with Crippen molar-refractivity contribution in [2.75, 3.05) is 19.1 Å². The molecule has 2 aromatic rings. The van der Waals surface area contributed by atoms with Gasteiger partial charge in [-0.15, -0.1) is 0 Å². The normalized spacial score (nSPS) is 30.2. The number of carbonyl (C=O) groups excluding carboxylic acids is 4. The van der Waals surface area contributed by atoms with Crippen LogP contribution in [0.1, 0.15) is 68.4 Å². The lowest BCUT2D eigenvalue weighted by Gasteiger charge is -2.39. The third-order valence-electron chi connectivity index (χ3n) is 9.64. The molecule has 6 atom stereocenters. The molecule has 2 aromatic carbocycles. The SMILES string of the molecule is COc1cc2cc(c1Cl)N(C)C(=O)C[C@H](OC(=O)Cc1ccc(C(C)=O)cc1F)C1(C)OC1[C@H](C)C1C[C@](O)(C/C=C/C=C(\C)C2)NC(=O)O1. The molecule has 50 heavy (non-hydrogen) atoms. The summed E-state index contributed by atoms with van der Waals surface area (Å²) in [4.78, 5) is 53.0. The van der Waals surface area contributed by atoms with Gasteiger partial charge in [-0.25, -0.2) is 9.18 Å². The molecule has 3 aliphatic heterocycles. The zero-order valence-electron chi connectivity index (χ0n) is 28.9. The highest BCUT2D eigenvalue weighted by Crippen LogP contribution is 2.49. The standard InChI is InChI=1S/C37H42ClFN2O9/c1-20-9-7-8-12-37(46)19-29(48-35(45)40-37)21(2)34-36(4,50-34)30(49-32(44)17-25-11-10-24(22(3)42)16-26(25)39)18-31(43)41(5)27-14-23(13-20)15-28(47-6)33(27)38/h7-11,14-16,21,29-30,34,46H,12-13,17-19H2,1-6H3,(H,40,45)/b8-7+,20-9+/t21-,29?,30+,34?,36?,37-/m1/s1. The minimum absolute atomic E-state index is 0.0151. The van der Waals surface area contributed by atoms with Crippen molar-refractivity contribution < 1.29 is 47.6 Å². The number of esters is 1. The third kappa shape index (κ3) is 8.03. The Bertz CT molecular complexity index is 1760. The van der Waals surface area contributed by atoms with Crippen molar-refractivity contribution in [3.8, 4) is 5.75 Å². The quantitative estimate of drug-likeness (QED) is 0.229. The number of methoxy groups -OCH3 is 1. The van der Waals surface area contributed by atoms with E-state index >= 15 is 0 Å². The molecule has 3 heterocycles. The van der Waals surface area contributed by atoms with Crippen LogP contribution in [0.3, 0.4) is 0 Å². The minimum atomic E-state index is -1.59. The molecule has 2 N–H and O–H groups in total. The fourth-order valence-electron chi connectivity index (χ4n) is 6.60. The average molecular weight is 713 g/mol. The topological polar surface area (TPSA) is 144 Å². The summed E-state index contributed by atoms with van der Waals surface area (Å²) in [6.07, 6.45) is 1.92. The lowest BCUT2D eigenvalue weighted by atomic mass is 9.84. The van der Waals surface area contributed by atoms with Crippen molar-refractivity contribution >= 4 is 41.0 Å². The highest BCUT2D eigenvalue weighted by atomic mass is 35.5. The molecule has 0 aliphatic carbocycles. The van der Waals surface area contributed by atoms with E-state index in [-0.39, 0.29) is 41.2 Å². The van der Waals surface area contributed by atoms with Gasteiger partial charge in [0, 0.05) is 31.4 Å². The number of ketones is 1. The molecule has 13 heteroatoms. The summed E-state index contributed by atoms with van der Waals surface area (Å²) in [7, 11) is 3.03. The van der Waals surface area contributed by atoms with Crippen molar-refractivity contribution in [2.24, 2.45) is 5.92 Å². The minimum Gasteiger partial charge on any atom is -0.495 e. The number of carbonyl (C=O) groups is 4. The van der Waals surface area contributed by atoms with Crippen LogP contribution in [0, 0.1) is 11.7 Å². The van der Waals surface area contributed by atoms with Crippen LogP contribution in [-0.2, 0) is 36.6 Å². The summed E-state index contributed by atoms with van der Waals surface area (Å²) in [5, 5.41) is 14.1. The summed E-state index contributed by atoms with van der Waals surface area (Å²) in [5.41, 5.74) is -0.479. The smallest absolute Gasteiger partial charge is 0.409 e. The number of aliphatic hydroxyl groups is 1. The first-order valence-corrected chi connectivity index (χ1v) is 16.7. The van der Waals surface area contributed by atoms with Gasteiger partial charge in [0.25, 0.3) is 0 Å². The largest absolute Gasteiger partial charge is 0.495 e. The number of benzene rings is 2. The first-order chi connectivity index (χ1) is 23.5. The Morgan fingerprint density at radius 1 is 1.22 bits per heavy atom. The first kappa shape index (κ1) is 37.0. The van der Waals surface area contributed by atoms with Crippen molar-refractivity contribution in [1.29, 1.82) is 0 Å². The number of nitrogens with zero attached hydrogens (tertiary/aromatic N) is 1. The monoisotopic (exact) mass is 712 g/mol. The van der Waals surface area contributed by atoms with E-state index in [1.807, 2.05) is 13.0 Å². The molecule has 3 unspecified atom stereocenters. The van der Waals surface area contributed by atoms with Gasteiger partial charge in [0.2, 0.25) is 5.91 Å². The van der Waals surface area contributed by atoms with Crippen LogP contribution < -0.4 is 15.0 Å². The summed E-state index contributed by atoms with van der Waals surface area (Å²) >= 11 is 6.70. The Hall–Kier alpha value is -4.26. The number of halogens is 2. The van der Waals surface area contributed by atoms with Crippen LogP contribution in [0.5, 0.6) is 5.75 Å². The summed E-state index contributed by atoms with van der Waals surface area (Å²) in [6, 6.07) is 7.40. The van der Waals surface area contributed by atoms with Crippen LogP contribution >= 0.6 is 11.6 Å². The van der Waals surface area contributed by atoms with Crippen LogP contribution in [0.15, 0.2) is 54.1 Å². The summed E-state index contributed by atoms with van der Waals surface area (Å²) < 4.78 is 38.0. The van der Waals surface area contributed by atoms with E-state index in [9.17, 15) is 28.7 Å². The number of hydrogen-bond donors (Lipinski definition) is 2. The number of ether oxygens (including phenoxy) is 4. The molecule has 2 amide bonds. The number of nitrogens with one attached hydrogen (secondary N) is 1. The van der Waals surface area contributed by atoms with Gasteiger partial charge >= 0.3 is 12.1 Å². The molecule has 3 aliphatic rings. The van der Waals surface area contributed by atoms with Gasteiger partial charge in [0.1, 0.15) is 40.1 Å². The Kier molecular flexibility index (Phi) is 10.8. The molecule has 0 radical (unpaired) electrons. The molecule has 0 aromatic heterocycles. The predicted molar refractivity (Wildman–Crippen MR) is 183 cm³/mol. The van der Waals surface area contributed by atoms with Crippen LogP contribution in [0.25, 0.3) is 0 Å². The van der Waals surface area contributed by atoms with Gasteiger partial charge in [-0.3, -0.25) is 19.7 Å². The molecular formula is C37H42ClFN2O9. The lowest BCUT2D eigenvalue weighted by Crippen LogP contribution is -2.57. The number of hydrogen-bond acceptors (Lipinski definition) is 9. The van der Waals surface area contributed by atoms with E-state index in [0.717, 1.165) is 17.2 Å². The molecule has 268 valence electrons. The van der Waals surface area contributed by atoms with E-state index in [1.165, 1.54) is 31.1 Å². The second-order valence-electron chi connectivity index (χ2n) is 13.5. The third-order valence-corrected chi connectivity index (χ3v) is 10.0. The Morgan fingerprint density at radius 3 is 2.64 bits per heavy atom. The number of anilines is 1. The molecule has 5 rings (SSSR count). The number of fused-ring (bicyclic) bond motifs is 5. The maximum Gasteiger partial charge on any atom is 0.409 e. The highest BCUT2D eigenvalue weighted by Gasteiger charge is 2.64. The number of epoxide rings is 1. The fourth-order valence-corrected chi connectivity index (χ4v) is 6.91. The fraction of sp³-hybridized carbons (Fsp3) is 0.459. The van der Waals surface area contributed by atoms with Gasteiger partial charge in [-0.2, -0.15) is 0 Å². The summed E-state index contributed by atoms with van der Waals surface area (Å²) in [5.74, 6) is -2.47. The molecular weight excluding hydrogens is 671 g/mol. The number of alkyl carbamates (subject to hydrolysis) is 1. The van der Waals surface area contributed by atoms with Gasteiger partial charge < -0.3 is 29.0 Å². The second-order valence-corrected chi connectivity index (χ2v) is 13.9. The van der Waals surface area contributed by atoms with Gasteiger partial charge in [0.05, 0.1) is 31.7 Å². The Morgan fingerprint density at radius 2 is 1.96 bits per heavy atom. The van der Waals surface area contributed by atoms with Crippen LogP contribution in [0.2, 0.25) is 5.02 Å². The van der Waals surface area contributed by atoms with Gasteiger partial charge in [0.15, 0.2) is 5.78 Å². The molecule has 4 bridgehead atoms. The number of Topliss-reactive ketones (excluding diaryl/α,β-unsaturated/α-hetero) is 1. The predicted octanol–water partition coefficient (Wildman–Crippen LogP) is 5.63.